The van der Waals surface area contributed by atoms with Crippen molar-refractivity contribution in [3.63, 3.8) is 0 Å². The van der Waals surface area contributed by atoms with E-state index in [0.717, 1.165) is 44.9 Å². The van der Waals surface area contributed by atoms with E-state index in [1.165, 1.54) is 6.42 Å². The molecule has 5 unspecified atom stereocenters. The monoisotopic (exact) mass is 449 g/mol. The molecule has 0 heterocycles. The van der Waals surface area contributed by atoms with Gasteiger partial charge in [0.2, 0.25) is 0 Å². The van der Waals surface area contributed by atoms with Crippen molar-refractivity contribution in [1.29, 1.82) is 0 Å². The van der Waals surface area contributed by atoms with Crippen molar-refractivity contribution in [1.82, 2.24) is 0 Å². The van der Waals surface area contributed by atoms with E-state index in [4.69, 9.17) is 15.2 Å². The summed E-state index contributed by atoms with van der Waals surface area (Å²) < 4.78 is 11.7. The molecule has 0 saturated heterocycles. The van der Waals surface area contributed by atoms with Gasteiger partial charge in [-0.15, -0.1) is 0 Å². The Morgan fingerprint density at radius 2 is 1.88 bits per heavy atom. The van der Waals surface area contributed by atoms with Crippen molar-refractivity contribution < 1.29 is 19.4 Å². The first-order valence-electron chi connectivity index (χ1n) is 13.3. The van der Waals surface area contributed by atoms with Gasteiger partial charge in [0.05, 0.1) is 24.7 Å². The highest BCUT2D eigenvalue weighted by molar-refractivity contribution is 5.74. The quantitative estimate of drug-likeness (QED) is 0.582. The van der Waals surface area contributed by atoms with Gasteiger partial charge < -0.3 is 20.3 Å². The van der Waals surface area contributed by atoms with Crippen LogP contribution >= 0.6 is 0 Å². The number of aliphatic hydroxyl groups excluding tert-OH is 1. The summed E-state index contributed by atoms with van der Waals surface area (Å²) in [6.07, 6.45) is 7.55. The lowest BCUT2D eigenvalue weighted by molar-refractivity contribution is -0.180. The van der Waals surface area contributed by atoms with Crippen LogP contribution in [0, 0.1) is 46.3 Å². The number of esters is 1. The van der Waals surface area contributed by atoms with Gasteiger partial charge in [-0.2, -0.15) is 0 Å². The van der Waals surface area contributed by atoms with Crippen LogP contribution in [0.1, 0.15) is 86.0 Å². The molecule has 0 aliphatic heterocycles. The zero-order chi connectivity index (χ0) is 23.3. The molecule has 4 saturated carbocycles. The van der Waals surface area contributed by atoms with E-state index in [1.54, 1.807) is 0 Å². The molecule has 0 aromatic heterocycles. The fourth-order valence-corrected chi connectivity index (χ4v) is 8.79. The molecule has 5 heteroatoms. The second-order valence-corrected chi connectivity index (χ2v) is 12.4. The van der Waals surface area contributed by atoms with Crippen LogP contribution in [-0.2, 0) is 14.3 Å². The van der Waals surface area contributed by atoms with Crippen LogP contribution in [0.3, 0.4) is 0 Å². The number of hydrogen-bond donors (Lipinski definition) is 2. The Kier molecular flexibility index (Phi) is 7.03. The van der Waals surface area contributed by atoms with Gasteiger partial charge in [0.25, 0.3) is 0 Å². The lowest BCUT2D eigenvalue weighted by Gasteiger charge is -2.63. The fourth-order valence-electron chi connectivity index (χ4n) is 8.79. The van der Waals surface area contributed by atoms with E-state index in [1.807, 2.05) is 6.92 Å². The Morgan fingerprint density at radius 1 is 1.12 bits per heavy atom. The van der Waals surface area contributed by atoms with Crippen molar-refractivity contribution in [2.24, 2.45) is 52.1 Å². The predicted molar refractivity (Wildman–Crippen MR) is 126 cm³/mol. The van der Waals surface area contributed by atoms with Crippen molar-refractivity contribution in [2.45, 2.75) is 104 Å². The normalized spacial score (nSPS) is 48.1. The number of aliphatic hydroxyl groups is 1. The van der Waals surface area contributed by atoms with Crippen molar-refractivity contribution in [3.8, 4) is 0 Å². The predicted octanol–water partition coefficient (Wildman–Crippen LogP) is 4.55. The number of nitrogens with two attached hydrogens (primary N) is 1. The summed E-state index contributed by atoms with van der Waals surface area (Å²) in [5.74, 6) is 2.62. The maximum atomic E-state index is 13.1. The minimum absolute atomic E-state index is 0.0124. The molecule has 5 nitrogen and oxygen atoms in total. The Bertz CT molecular complexity index is 683. The minimum Gasteiger partial charge on any atom is -0.465 e. The zero-order valence-electron chi connectivity index (χ0n) is 21.0. The summed E-state index contributed by atoms with van der Waals surface area (Å²) >= 11 is 0. The van der Waals surface area contributed by atoms with Crippen LogP contribution in [0.2, 0.25) is 0 Å². The van der Waals surface area contributed by atoms with Crippen molar-refractivity contribution in [2.75, 3.05) is 13.2 Å². The standard InChI is InChI=1S/C27H47NO4/c1-6-31-23-15-26(4)17(13-22(23)29)7-8-18-19-9-10-20(25(30)32-12-11-16(2)3)27(19,5)14-21(28)24(18)26/h16-24,29H,6-15,28H2,1-5H3/t17?,18-,19-,20?,21?,22?,23?,24-,26-,27-/m0/s1. The first-order valence-corrected chi connectivity index (χ1v) is 13.3. The Hall–Kier alpha value is -0.650. The van der Waals surface area contributed by atoms with Crippen molar-refractivity contribution in [3.05, 3.63) is 0 Å². The van der Waals surface area contributed by atoms with E-state index in [0.29, 0.717) is 42.8 Å². The summed E-state index contributed by atoms with van der Waals surface area (Å²) in [6, 6.07) is 0.0932. The first kappa shape index (κ1) is 24.5. The molecule has 0 amide bonds. The summed E-state index contributed by atoms with van der Waals surface area (Å²) in [6.45, 7) is 12.3. The zero-order valence-corrected chi connectivity index (χ0v) is 21.0. The molecule has 32 heavy (non-hydrogen) atoms. The van der Waals surface area contributed by atoms with Gasteiger partial charge in [-0.3, -0.25) is 4.79 Å². The van der Waals surface area contributed by atoms with Crippen LogP contribution in [0.25, 0.3) is 0 Å². The smallest absolute Gasteiger partial charge is 0.309 e. The molecule has 10 atom stereocenters. The van der Waals surface area contributed by atoms with Crippen LogP contribution in [0.4, 0.5) is 0 Å². The highest BCUT2D eigenvalue weighted by Gasteiger charge is 2.64. The molecule has 4 aliphatic rings. The van der Waals surface area contributed by atoms with Gasteiger partial charge >= 0.3 is 5.97 Å². The molecule has 0 spiro atoms. The van der Waals surface area contributed by atoms with Gasteiger partial charge in [0.1, 0.15) is 0 Å². The average molecular weight is 450 g/mol. The number of carbonyl (C=O) groups is 1. The molecule has 0 aromatic carbocycles. The highest BCUT2D eigenvalue weighted by atomic mass is 16.5. The summed E-state index contributed by atoms with van der Waals surface area (Å²) in [7, 11) is 0. The number of hydrogen-bond acceptors (Lipinski definition) is 5. The Morgan fingerprint density at radius 3 is 2.56 bits per heavy atom. The molecule has 4 aliphatic carbocycles. The van der Waals surface area contributed by atoms with Crippen LogP contribution < -0.4 is 5.73 Å². The van der Waals surface area contributed by atoms with E-state index in [2.05, 4.69) is 27.7 Å². The lowest BCUT2D eigenvalue weighted by atomic mass is 9.43. The number of rotatable bonds is 6. The molecular formula is C27H47NO4. The largest absolute Gasteiger partial charge is 0.465 e. The third-order valence-electron chi connectivity index (χ3n) is 10.3. The molecule has 0 radical (unpaired) electrons. The second-order valence-electron chi connectivity index (χ2n) is 12.4. The molecule has 4 rings (SSSR count). The summed E-state index contributed by atoms with van der Waals surface area (Å²) in [5, 5.41) is 10.7. The number of ether oxygens (including phenoxy) is 2. The summed E-state index contributed by atoms with van der Waals surface area (Å²) in [5.41, 5.74) is 7.08. The highest BCUT2D eigenvalue weighted by Crippen LogP contribution is 2.67. The Balaban J connectivity index is 1.53. The molecule has 4 fully saturated rings. The van der Waals surface area contributed by atoms with Gasteiger partial charge in [0, 0.05) is 12.6 Å². The first-order chi connectivity index (χ1) is 15.1. The lowest BCUT2D eigenvalue weighted by Crippen LogP contribution is -2.63. The minimum atomic E-state index is -0.355. The van der Waals surface area contributed by atoms with Crippen molar-refractivity contribution >= 4 is 5.97 Å². The van der Waals surface area contributed by atoms with Gasteiger partial charge in [0.15, 0.2) is 0 Å². The maximum absolute atomic E-state index is 13.1. The number of carbonyl (C=O) groups excluding carboxylic acids is 1. The van der Waals surface area contributed by atoms with E-state index in [9.17, 15) is 9.90 Å². The molecule has 184 valence electrons. The van der Waals surface area contributed by atoms with Gasteiger partial charge in [-0.05, 0) is 98.7 Å². The molecule has 0 bridgehead atoms. The summed E-state index contributed by atoms with van der Waals surface area (Å²) in [4.78, 5) is 13.1. The SMILES string of the molecule is CCOC1C[C@@]2(C)C(CC[C@@H]3[C@H]2C(N)C[C@]2(C)C(C(=O)OCCC(C)C)CC[C@@H]32)CC1O. The van der Waals surface area contributed by atoms with Crippen LogP contribution in [0.15, 0.2) is 0 Å². The Labute approximate surface area is 195 Å². The molecule has 0 aromatic rings. The third-order valence-corrected chi connectivity index (χ3v) is 10.3. The van der Waals surface area contributed by atoms with Crippen LogP contribution in [0.5, 0.6) is 0 Å². The van der Waals surface area contributed by atoms with E-state index < -0.39 is 0 Å². The third kappa shape index (κ3) is 4.05. The van der Waals surface area contributed by atoms with E-state index >= 15 is 0 Å². The van der Waals surface area contributed by atoms with Gasteiger partial charge in [-0.25, -0.2) is 0 Å². The fraction of sp³-hybridized carbons (Fsp3) is 0.963. The topological polar surface area (TPSA) is 81.8 Å². The van der Waals surface area contributed by atoms with E-state index in [-0.39, 0.29) is 41.0 Å². The average Bonchev–Trinajstić information content (AvgIpc) is 3.05. The maximum Gasteiger partial charge on any atom is 0.309 e. The number of fused-ring (bicyclic) bond motifs is 5. The van der Waals surface area contributed by atoms with Gasteiger partial charge in [-0.1, -0.05) is 27.7 Å². The molecular weight excluding hydrogens is 402 g/mol. The molecule has 3 N–H and O–H groups in total. The van der Waals surface area contributed by atoms with Crippen LogP contribution in [-0.4, -0.2) is 42.5 Å². The second kappa shape index (κ2) is 9.19.